The van der Waals surface area contributed by atoms with Crippen LogP contribution in [0.25, 0.3) is 22.2 Å². The Morgan fingerprint density at radius 2 is 1.69 bits per heavy atom. The number of carbonyl (C=O) groups excluding carboxylic acids is 1. The van der Waals surface area contributed by atoms with Gasteiger partial charge in [0.2, 0.25) is 5.91 Å². The van der Waals surface area contributed by atoms with E-state index >= 15 is 0 Å². The van der Waals surface area contributed by atoms with E-state index in [0.717, 1.165) is 33.3 Å². The maximum absolute atomic E-state index is 12.9. The summed E-state index contributed by atoms with van der Waals surface area (Å²) in [6, 6.07) is 22.6. The molecule has 0 saturated carbocycles. The molecule has 4 rings (SSSR count). The molecular formula is C24H20N2O3. The van der Waals surface area contributed by atoms with E-state index in [1.807, 2.05) is 61.5 Å². The van der Waals surface area contributed by atoms with Crippen LogP contribution in [0.1, 0.15) is 21.5 Å². The van der Waals surface area contributed by atoms with Gasteiger partial charge in [-0.1, -0.05) is 54.6 Å². The van der Waals surface area contributed by atoms with Crippen molar-refractivity contribution in [3.63, 3.8) is 0 Å². The van der Waals surface area contributed by atoms with Crippen molar-refractivity contribution in [1.29, 1.82) is 0 Å². The van der Waals surface area contributed by atoms with Crippen LogP contribution < -0.4 is 5.32 Å². The first kappa shape index (κ1) is 18.5. The van der Waals surface area contributed by atoms with Gasteiger partial charge < -0.3 is 15.4 Å². The van der Waals surface area contributed by atoms with E-state index < -0.39 is 5.97 Å². The standard InChI is InChI=1S/C24H20N2O3/c1-15-11-12-18(24(28)29)21(13-15)25-22(27)14-19-17-9-5-6-10-20(17)26-23(19)16-7-3-2-4-8-16/h2-13,26H,14H2,1H3,(H,25,27)(H,28,29). The Morgan fingerprint density at radius 3 is 2.45 bits per heavy atom. The lowest BCUT2D eigenvalue weighted by molar-refractivity contribution is -0.115. The zero-order chi connectivity index (χ0) is 20.4. The normalized spacial score (nSPS) is 10.8. The highest BCUT2D eigenvalue weighted by Gasteiger charge is 2.18. The number of fused-ring (bicyclic) bond motifs is 1. The summed E-state index contributed by atoms with van der Waals surface area (Å²) in [4.78, 5) is 27.8. The number of para-hydroxylation sites is 1. The number of hydrogen-bond donors (Lipinski definition) is 3. The van der Waals surface area contributed by atoms with Crippen LogP contribution in [0.2, 0.25) is 0 Å². The van der Waals surface area contributed by atoms with Crippen LogP contribution in [0.5, 0.6) is 0 Å². The minimum absolute atomic E-state index is 0.0751. The van der Waals surface area contributed by atoms with Crippen molar-refractivity contribution < 1.29 is 14.7 Å². The molecular weight excluding hydrogens is 364 g/mol. The predicted molar refractivity (Wildman–Crippen MR) is 114 cm³/mol. The zero-order valence-corrected chi connectivity index (χ0v) is 15.9. The summed E-state index contributed by atoms with van der Waals surface area (Å²) >= 11 is 0. The van der Waals surface area contributed by atoms with Gasteiger partial charge in [0.1, 0.15) is 0 Å². The number of aromatic nitrogens is 1. The van der Waals surface area contributed by atoms with E-state index in [-0.39, 0.29) is 17.9 Å². The molecule has 0 radical (unpaired) electrons. The smallest absolute Gasteiger partial charge is 0.337 e. The molecule has 29 heavy (non-hydrogen) atoms. The number of carboxylic acids is 1. The first-order valence-corrected chi connectivity index (χ1v) is 9.32. The molecule has 3 aromatic carbocycles. The first-order chi connectivity index (χ1) is 14.0. The predicted octanol–water partition coefficient (Wildman–Crippen LogP) is 5.02. The summed E-state index contributed by atoms with van der Waals surface area (Å²) in [7, 11) is 0. The van der Waals surface area contributed by atoms with Crippen molar-refractivity contribution >= 4 is 28.5 Å². The van der Waals surface area contributed by atoms with E-state index in [1.54, 1.807) is 12.1 Å². The molecule has 0 aliphatic carbocycles. The lowest BCUT2D eigenvalue weighted by Gasteiger charge is -2.10. The zero-order valence-electron chi connectivity index (χ0n) is 15.9. The van der Waals surface area contributed by atoms with E-state index in [4.69, 9.17) is 0 Å². The third kappa shape index (κ3) is 3.75. The molecule has 1 amide bonds. The Hall–Kier alpha value is -3.86. The average Bonchev–Trinajstić information content (AvgIpc) is 3.07. The van der Waals surface area contributed by atoms with Crippen molar-refractivity contribution in [2.75, 3.05) is 5.32 Å². The second-order valence-corrected chi connectivity index (χ2v) is 6.97. The van der Waals surface area contributed by atoms with Gasteiger partial charge >= 0.3 is 5.97 Å². The van der Waals surface area contributed by atoms with Crippen molar-refractivity contribution in [2.45, 2.75) is 13.3 Å². The van der Waals surface area contributed by atoms with Crippen LogP contribution in [0.15, 0.2) is 72.8 Å². The van der Waals surface area contributed by atoms with Gasteiger partial charge in [0.15, 0.2) is 0 Å². The molecule has 0 spiro atoms. The van der Waals surface area contributed by atoms with E-state index in [9.17, 15) is 14.7 Å². The number of amides is 1. The SMILES string of the molecule is Cc1ccc(C(=O)O)c(NC(=O)Cc2c(-c3ccccc3)[nH]c3ccccc23)c1. The van der Waals surface area contributed by atoms with Gasteiger partial charge in [-0.2, -0.15) is 0 Å². The van der Waals surface area contributed by atoms with Crippen molar-refractivity contribution in [3.8, 4) is 11.3 Å². The number of carboxylic acid groups (broad SMARTS) is 1. The molecule has 0 bridgehead atoms. The highest BCUT2D eigenvalue weighted by atomic mass is 16.4. The summed E-state index contributed by atoms with van der Waals surface area (Å²) in [6.07, 6.45) is 0.126. The van der Waals surface area contributed by atoms with Gasteiger partial charge in [-0.15, -0.1) is 0 Å². The molecule has 0 atom stereocenters. The maximum atomic E-state index is 12.9. The second kappa shape index (κ2) is 7.64. The third-order valence-corrected chi connectivity index (χ3v) is 4.89. The van der Waals surface area contributed by atoms with Gasteiger partial charge in [0.25, 0.3) is 0 Å². The molecule has 5 heteroatoms. The van der Waals surface area contributed by atoms with Gasteiger partial charge in [-0.3, -0.25) is 4.79 Å². The number of aromatic amines is 1. The fourth-order valence-corrected chi connectivity index (χ4v) is 3.54. The summed E-state index contributed by atoms with van der Waals surface area (Å²) in [5.41, 5.74) is 4.99. The molecule has 0 aliphatic heterocycles. The summed E-state index contributed by atoms with van der Waals surface area (Å²) in [5, 5.41) is 13.2. The molecule has 1 aromatic heterocycles. The van der Waals surface area contributed by atoms with E-state index in [1.165, 1.54) is 6.07 Å². The van der Waals surface area contributed by atoms with Gasteiger partial charge in [0, 0.05) is 10.9 Å². The molecule has 0 saturated heterocycles. The highest BCUT2D eigenvalue weighted by molar-refractivity contribution is 6.03. The monoisotopic (exact) mass is 384 g/mol. The van der Waals surface area contributed by atoms with Crippen LogP contribution in [0.3, 0.4) is 0 Å². The number of rotatable bonds is 5. The fraction of sp³-hybridized carbons (Fsp3) is 0.0833. The Morgan fingerprint density at radius 1 is 0.966 bits per heavy atom. The summed E-state index contributed by atoms with van der Waals surface area (Å²) in [5.74, 6) is -1.34. The Balaban J connectivity index is 1.71. The van der Waals surface area contributed by atoms with Crippen molar-refractivity contribution in [2.24, 2.45) is 0 Å². The number of H-pyrrole nitrogens is 1. The minimum Gasteiger partial charge on any atom is -0.478 e. The number of aromatic carboxylic acids is 1. The lowest BCUT2D eigenvalue weighted by Crippen LogP contribution is -2.17. The van der Waals surface area contributed by atoms with E-state index in [0.29, 0.717) is 5.69 Å². The van der Waals surface area contributed by atoms with Crippen molar-refractivity contribution in [1.82, 2.24) is 4.98 Å². The number of hydrogen-bond acceptors (Lipinski definition) is 2. The van der Waals surface area contributed by atoms with Crippen molar-refractivity contribution in [3.05, 3.63) is 89.5 Å². The first-order valence-electron chi connectivity index (χ1n) is 9.32. The Kier molecular flexibility index (Phi) is 4.87. The molecule has 144 valence electrons. The molecule has 5 nitrogen and oxygen atoms in total. The Labute approximate surface area is 168 Å². The number of anilines is 1. The van der Waals surface area contributed by atoms with E-state index in [2.05, 4.69) is 10.3 Å². The largest absolute Gasteiger partial charge is 0.478 e. The highest BCUT2D eigenvalue weighted by Crippen LogP contribution is 2.31. The quantitative estimate of drug-likeness (QED) is 0.452. The third-order valence-electron chi connectivity index (χ3n) is 4.89. The number of aryl methyl sites for hydroxylation is 1. The second-order valence-electron chi connectivity index (χ2n) is 6.97. The van der Waals surface area contributed by atoms with Gasteiger partial charge in [-0.25, -0.2) is 4.79 Å². The van der Waals surface area contributed by atoms with Crippen LogP contribution in [0.4, 0.5) is 5.69 Å². The average molecular weight is 384 g/mol. The van der Waals surface area contributed by atoms with Crippen LogP contribution in [-0.2, 0) is 11.2 Å². The van der Waals surface area contributed by atoms with Gasteiger partial charge in [-0.05, 0) is 41.8 Å². The fourth-order valence-electron chi connectivity index (χ4n) is 3.54. The molecule has 0 unspecified atom stereocenters. The molecule has 0 aliphatic rings. The molecule has 4 aromatic rings. The number of carbonyl (C=O) groups is 2. The topological polar surface area (TPSA) is 82.2 Å². The number of benzene rings is 3. The van der Waals surface area contributed by atoms with Crippen LogP contribution in [0, 0.1) is 6.92 Å². The minimum atomic E-state index is -1.07. The molecule has 3 N–H and O–H groups in total. The lowest BCUT2D eigenvalue weighted by atomic mass is 10.0. The van der Waals surface area contributed by atoms with Crippen LogP contribution >= 0.6 is 0 Å². The Bertz CT molecular complexity index is 1210. The van der Waals surface area contributed by atoms with Crippen LogP contribution in [-0.4, -0.2) is 22.0 Å². The molecule has 0 fully saturated rings. The molecule has 1 heterocycles. The van der Waals surface area contributed by atoms with Gasteiger partial charge in [0.05, 0.1) is 23.4 Å². The number of nitrogens with one attached hydrogen (secondary N) is 2. The summed E-state index contributed by atoms with van der Waals surface area (Å²) < 4.78 is 0. The summed E-state index contributed by atoms with van der Waals surface area (Å²) in [6.45, 7) is 1.86. The maximum Gasteiger partial charge on any atom is 0.337 e.